The van der Waals surface area contributed by atoms with E-state index in [0.717, 1.165) is 16.5 Å². The van der Waals surface area contributed by atoms with Crippen molar-refractivity contribution in [1.29, 1.82) is 0 Å². The number of nitrogens with one attached hydrogen (secondary N) is 2. The number of carbonyl (C=O) groups is 2. The Hall–Kier alpha value is -1.82. The minimum atomic E-state index is -0.525. The zero-order chi connectivity index (χ0) is 16.3. The lowest BCUT2D eigenvalue weighted by atomic mass is 9.95. The second-order valence-electron chi connectivity index (χ2n) is 5.25. The van der Waals surface area contributed by atoms with Crippen molar-refractivity contribution in [2.75, 3.05) is 0 Å². The zero-order valence-electron chi connectivity index (χ0n) is 12.8. The van der Waals surface area contributed by atoms with Gasteiger partial charge in [-0.25, -0.2) is 9.59 Å². The van der Waals surface area contributed by atoms with E-state index in [9.17, 15) is 9.59 Å². The number of urea groups is 1. The minimum absolute atomic E-state index is 0.173. The molecule has 2 rings (SSSR count). The summed E-state index contributed by atoms with van der Waals surface area (Å²) in [6.07, 6.45) is 0.563. The van der Waals surface area contributed by atoms with Gasteiger partial charge in [0, 0.05) is 10.2 Å². The molecule has 0 bridgehead atoms. The molecule has 0 unspecified atom stereocenters. The van der Waals surface area contributed by atoms with Gasteiger partial charge in [0.15, 0.2) is 0 Å². The molecule has 2 atom stereocenters. The molecule has 1 aromatic rings. The van der Waals surface area contributed by atoms with E-state index in [0.29, 0.717) is 11.3 Å². The van der Waals surface area contributed by atoms with Crippen LogP contribution < -0.4 is 10.6 Å². The smallest absolute Gasteiger partial charge is 0.338 e. The third kappa shape index (κ3) is 3.68. The van der Waals surface area contributed by atoms with Crippen LogP contribution >= 0.6 is 15.9 Å². The van der Waals surface area contributed by atoms with Crippen LogP contribution in [0.25, 0.3) is 0 Å². The average molecular weight is 367 g/mol. The molecule has 0 fully saturated rings. The number of amides is 2. The molecule has 22 heavy (non-hydrogen) atoms. The summed E-state index contributed by atoms with van der Waals surface area (Å²) >= 11 is 3.41. The summed E-state index contributed by atoms with van der Waals surface area (Å²) in [4.78, 5) is 24.2. The summed E-state index contributed by atoms with van der Waals surface area (Å²) in [5, 5.41) is 5.42. The number of halogens is 1. The molecule has 1 aliphatic heterocycles. The predicted molar refractivity (Wildman–Crippen MR) is 87.1 cm³/mol. The lowest BCUT2D eigenvalue weighted by molar-refractivity contribution is -0.144. The fourth-order valence-electron chi connectivity index (χ4n) is 2.23. The summed E-state index contributed by atoms with van der Waals surface area (Å²) in [5.74, 6) is -0.413. The summed E-state index contributed by atoms with van der Waals surface area (Å²) < 4.78 is 6.31. The summed E-state index contributed by atoms with van der Waals surface area (Å²) in [6.45, 7) is 5.50. The van der Waals surface area contributed by atoms with E-state index >= 15 is 0 Å². The first-order chi connectivity index (χ1) is 10.4. The first kappa shape index (κ1) is 16.5. The molecule has 2 N–H and O–H groups in total. The van der Waals surface area contributed by atoms with Gasteiger partial charge in [-0.2, -0.15) is 0 Å². The van der Waals surface area contributed by atoms with E-state index in [2.05, 4.69) is 26.6 Å². The van der Waals surface area contributed by atoms with Crippen molar-refractivity contribution in [3.63, 3.8) is 0 Å². The molecule has 1 heterocycles. The second kappa shape index (κ2) is 6.96. The van der Waals surface area contributed by atoms with Gasteiger partial charge in [-0.05, 0) is 38.0 Å². The third-order valence-electron chi connectivity index (χ3n) is 3.55. The van der Waals surface area contributed by atoms with Crippen molar-refractivity contribution in [2.24, 2.45) is 0 Å². The Balaban J connectivity index is 2.39. The van der Waals surface area contributed by atoms with E-state index in [1.807, 2.05) is 38.1 Å². The Bertz CT molecular complexity index is 628. The van der Waals surface area contributed by atoms with Gasteiger partial charge in [-0.15, -0.1) is 0 Å². The molecule has 5 nitrogen and oxygen atoms in total. The molecular weight excluding hydrogens is 348 g/mol. The standard InChI is InChI=1S/C16H19BrN2O3/c1-4-9(2)22-15(20)13-10(3)18-16(21)19-14(13)11-6-5-7-12(17)8-11/h5-9,14H,4H2,1-3H3,(H2,18,19,21)/t9-,14+/m1/s1. The minimum Gasteiger partial charge on any atom is -0.459 e. The van der Waals surface area contributed by atoms with Gasteiger partial charge in [0.25, 0.3) is 0 Å². The highest BCUT2D eigenvalue weighted by Gasteiger charge is 2.32. The number of benzene rings is 1. The summed E-state index contributed by atoms with van der Waals surface area (Å²) in [7, 11) is 0. The molecule has 0 aromatic heterocycles. The SMILES string of the molecule is CC[C@@H](C)OC(=O)C1=C(C)NC(=O)N[C@H]1c1cccc(Br)c1. The van der Waals surface area contributed by atoms with E-state index < -0.39 is 12.0 Å². The maximum Gasteiger partial charge on any atom is 0.338 e. The molecular formula is C16H19BrN2O3. The third-order valence-corrected chi connectivity index (χ3v) is 4.05. The van der Waals surface area contributed by atoms with Crippen molar-refractivity contribution >= 4 is 27.9 Å². The number of hydrogen-bond donors (Lipinski definition) is 2. The number of ether oxygens (including phenoxy) is 1. The number of hydrogen-bond acceptors (Lipinski definition) is 3. The molecule has 0 aliphatic carbocycles. The summed E-state index contributed by atoms with van der Waals surface area (Å²) in [5.41, 5.74) is 1.76. The van der Waals surface area contributed by atoms with Crippen LogP contribution in [-0.2, 0) is 9.53 Å². The second-order valence-corrected chi connectivity index (χ2v) is 6.17. The average Bonchev–Trinajstić information content (AvgIpc) is 2.46. The highest BCUT2D eigenvalue weighted by Crippen LogP contribution is 2.29. The number of carbonyl (C=O) groups excluding carboxylic acids is 2. The maximum atomic E-state index is 12.5. The lowest BCUT2D eigenvalue weighted by Crippen LogP contribution is -2.45. The van der Waals surface area contributed by atoms with Crippen LogP contribution in [0, 0.1) is 0 Å². The largest absolute Gasteiger partial charge is 0.459 e. The van der Waals surface area contributed by atoms with E-state index in [1.54, 1.807) is 6.92 Å². The first-order valence-electron chi connectivity index (χ1n) is 7.17. The molecule has 0 saturated carbocycles. The topological polar surface area (TPSA) is 67.4 Å². The molecule has 1 aliphatic rings. The fourth-order valence-corrected chi connectivity index (χ4v) is 2.65. The highest BCUT2D eigenvalue weighted by atomic mass is 79.9. The maximum absolute atomic E-state index is 12.5. The fraction of sp³-hybridized carbons (Fsp3) is 0.375. The van der Waals surface area contributed by atoms with Gasteiger partial charge in [0.2, 0.25) is 0 Å². The predicted octanol–water partition coefficient (Wildman–Crippen LogP) is 3.42. The van der Waals surface area contributed by atoms with Gasteiger partial charge in [0.05, 0.1) is 17.7 Å². The molecule has 2 amide bonds. The van der Waals surface area contributed by atoms with Crippen molar-refractivity contribution in [2.45, 2.75) is 39.3 Å². The van der Waals surface area contributed by atoms with Crippen LogP contribution in [0.3, 0.4) is 0 Å². The van der Waals surface area contributed by atoms with Crippen LogP contribution in [0.1, 0.15) is 38.8 Å². The highest BCUT2D eigenvalue weighted by molar-refractivity contribution is 9.10. The lowest BCUT2D eigenvalue weighted by Gasteiger charge is -2.29. The number of allylic oxidation sites excluding steroid dienone is 1. The monoisotopic (exact) mass is 366 g/mol. The Kier molecular flexibility index (Phi) is 5.24. The van der Waals surface area contributed by atoms with Gasteiger partial charge >= 0.3 is 12.0 Å². The number of rotatable bonds is 4. The zero-order valence-corrected chi connectivity index (χ0v) is 14.4. The molecule has 0 saturated heterocycles. The van der Waals surface area contributed by atoms with Gasteiger partial charge in [-0.3, -0.25) is 0 Å². The van der Waals surface area contributed by atoms with Crippen LogP contribution in [0.15, 0.2) is 40.0 Å². The van der Waals surface area contributed by atoms with Gasteiger partial charge in [-0.1, -0.05) is 35.0 Å². The van der Waals surface area contributed by atoms with Crippen LogP contribution in [0.4, 0.5) is 4.79 Å². The van der Waals surface area contributed by atoms with Crippen molar-refractivity contribution < 1.29 is 14.3 Å². The Morgan fingerprint density at radius 2 is 2.18 bits per heavy atom. The first-order valence-corrected chi connectivity index (χ1v) is 7.96. The summed E-state index contributed by atoms with van der Waals surface area (Å²) in [6, 6.07) is 6.64. The molecule has 1 aromatic carbocycles. The number of esters is 1. The van der Waals surface area contributed by atoms with E-state index in [-0.39, 0.29) is 12.1 Å². The normalized spacial score (nSPS) is 19.3. The van der Waals surface area contributed by atoms with Crippen molar-refractivity contribution in [1.82, 2.24) is 10.6 Å². The Morgan fingerprint density at radius 3 is 2.82 bits per heavy atom. The Morgan fingerprint density at radius 1 is 1.45 bits per heavy atom. The molecule has 6 heteroatoms. The van der Waals surface area contributed by atoms with E-state index in [4.69, 9.17) is 4.74 Å². The van der Waals surface area contributed by atoms with Crippen molar-refractivity contribution in [3.8, 4) is 0 Å². The molecule has 0 radical (unpaired) electrons. The molecule has 118 valence electrons. The molecule has 0 spiro atoms. The van der Waals surface area contributed by atoms with Crippen LogP contribution in [0.2, 0.25) is 0 Å². The Labute approximate surface area is 138 Å². The van der Waals surface area contributed by atoms with Crippen LogP contribution in [0.5, 0.6) is 0 Å². The quantitative estimate of drug-likeness (QED) is 0.802. The van der Waals surface area contributed by atoms with Gasteiger partial charge < -0.3 is 15.4 Å². The van der Waals surface area contributed by atoms with Crippen molar-refractivity contribution in [3.05, 3.63) is 45.6 Å². The van der Waals surface area contributed by atoms with Crippen LogP contribution in [-0.4, -0.2) is 18.1 Å². The van der Waals surface area contributed by atoms with Gasteiger partial charge in [0.1, 0.15) is 0 Å². The van der Waals surface area contributed by atoms with E-state index in [1.165, 1.54) is 0 Å².